The number of carbonyl (C=O) groups is 2. The van der Waals surface area contributed by atoms with Gasteiger partial charge in [-0.1, -0.05) is 12.1 Å². The van der Waals surface area contributed by atoms with Crippen molar-refractivity contribution < 1.29 is 9.59 Å². The highest BCUT2D eigenvalue weighted by Crippen LogP contribution is 2.24. The summed E-state index contributed by atoms with van der Waals surface area (Å²) in [5.74, 6) is 0.769. The molecule has 0 unspecified atom stereocenters. The Bertz CT molecular complexity index is 755. The number of carbonyl (C=O) groups excluding carboxylic acids is 2. The minimum atomic E-state index is -0.279. The summed E-state index contributed by atoms with van der Waals surface area (Å²) in [7, 11) is 5.20. The van der Waals surface area contributed by atoms with Gasteiger partial charge in [0, 0.05) is 45.8 Å². The topological polar surface area (TPSA) is 68.2 Å². The van der Waals surface area contributed by atoms with Crippen LogP contribution in [-0.2, 0) is 11.3 Å². The van der Waals surface area contributed by atoms with Crippen molar-refractivity contribution in [1.82, 2.24) is 20.0 Å². The van der Waals surface area contributed by atoms with Crippen LogP contribution >= 0.6 is 0 Å². The highest BCUT2D eigenvalue weighted by atomic mass is 16.2. The molecule has 1 fully saturated rings. The Morgan fingerprint density at radius 2 is 2.00 bits per heavy atom. The third-order valence-electron chi connectivity index (χ3n) is 4.88. The van der Waals surface area contributed by atoms with Crippen LogP contribution in [0.1, 0.15) is 43.6 Å². The van der Waals surface area contributed by atoms with Gasteiger partial charge in [0.2, 0.25) is 5.91 Å². The molecule has 0 saturated carbocycles. The van der Waals surface area contributed by atoms with Crippen molar-refractivity contribution >= 4 is 17.8 Å². The van der Waals surface area contributed by atoms with Crippen LogP contribution in [0, 0.1) is 0 Å². The van der Waals surface area contributed by atoms with E-state index in [1.54, 1.807) is 26.0 Å². The van der Waals surface area contributed by atoms with Gasteiger partial charge in [-0.15, -0.1) is 0 Å². The average molecular weight is 388 g/mol. The highest BCUT2D eigenvalue weighted by Gasteiger charge is 2.40. The molecule has 154 valence electrons. The van der Waals surface area contributed by atoms with Crippen molar-refractivity contribution in [3.8, 4) is 0 Å². The first-order valence-corrected chi connectivity index (χ1v) is 9.65. The van der Waals surface area contributed by atoms with E-state index in [0.717, 1.165) is 5.56 Å². The maximum absolute atomic E-state index is 12.7. The van der Waals surface area contributed by atoms with Gasteiger partial charge in [0.1, 0.15) is 0 Å². The number of piperazine rings is 1. The third kappa shape index (κ3) is 4.82. The quantitative estimate of drug-likeness (QED) is 0.632. The standard InChI is InChI=1S/C21H33N5O2/c1-15(2)26-18(27)13-25(14-21(26,3)4)20(22-5)23-12-16-9-8-10-17(11-16)19(28)24(6)7/h8-11,15H,12-14H2,1-7H3,(H,22,23). The lowest BCUT2D eigenvalue weighted by atomic mass is 9.96. The van der Waals surface area contributed by atoms with Crippen molar-refractivity contribution in [3.63, 3.8) is 0 Å². The number of hydrogen-bond donors (Lipinski definition) is 1. The second-order valence-electron chi connectivity index (χ2n) is 8.33. The fraction of sp³-hybridized carbons (Fsp3) is 0.571. The molecule has 0 radical (unpaired) electrons. The molecule has 7 heteroatoms. The Balaban J connectivity index is 2.09. The van der Waals surface area contributed by atoms with E-state index >= 15 is 0 Å². The van der Waals surface area contributed by atoms with Crippen molar-refractivity contribution in [2.24, 2.45) is 4.99 Å². The largest absolute Gasteiger partial charge is 0.352 e. The lowest BCUT2D eigenvalue weighted by molar-refractivity contribution is -0.145. The molecule has 1 saturated heterocycles. The fourth-order valence-electron chi connectivity index (χ4n) is 3.90. The van der Waals surface area contributed by atoms with Gasteiger partial charge in [-0.25, -0.2) is 0 Å². The summed E-state index contributed by atoms with van der Waals surface area (Å²) in [4.78, 5) is 34.7. The normalized spacial score (nSPS) is 17.1. The zero-order chi connectivity index (χ0) is 21.1. The van der Waals surface area contributed by atoms with Crippen LogP contribution in [0.2, 0.25) is 0 Å². The molecule has 2 rings (SSSR count). The first-order valence-electron chi connectivity index (χ1n) is 9.65. The highest BCUT2D eigenvalue weighted by molar-refractivity contribution is 5.94. The summed E-state index contributed by atoms with van der Waals surface area (Å²) < 4.78 is 0. The van der Waals surface area contributed by atoms with Crippen LogP contribution in [0.25, 0.3) is 0 Å². The summed E-state index contributed by atoms with van der Waals surface area (Å²) in [6.07, 6.45) is 0. The molecule has 1 aromatic rings. The molecule has 0 spiro atoms. The predicted molar refractivity (Wildman–Crippen MR) is 112 cm³/mol. The van der Waals surface area contributed by atoms with E-state index in [1.165, 1.54) is 0 Å². The van der Waals surface area contributed by atoms with E-state index in [1.807, 2.05) is 47.9 Å². The van der Waals surface area contributed by atoms with Crippen LogP contribution < -0.4 is 5.32 Å². The summed E-state index contributed by atoms with van der Waals surface area (Å²) in [5, 5.41) is 3.33. The van der Waals surface area contributed by atoms with Gasteiger partial charge in [0.15, 0.2) is 5.96 Å². The Kier molecular flexibility index (Phi) is 6.69. The smallest absolute Gasteiger partial charge is 0.253 e. The molecule has 1 aromatic carbocycles. The Labute approximate surface area is 168 Å². The molecule has 1 aliphatic heterocycles. The van der Waals surface area contributed by atoms with E-state index in [9.17, 15) is 9.59 Å². The van der Waals surface area contributed by atoms with E-state index in [0.29, 0.717) is 31.2 Å². The monoisotopic (exact) mass is 387 g/mol. The molecule has 0 aromatic heterocycles. The van der Waals surface area contributed by atoms with E-state index in [-0.39, 0.29) is 23.4 Å². The maximum Gasteiger partial charge on any atom is 0.253 e. The Hall–Kier alpha value is -2.57. The minimum absolute atomic E-state index is 0.0246. The van der Waals surface area contributed by atoms with Crippen molar-refractivity contribution in [3.05, 3.63) is 35.4 Å². The number of guanidine groups is 1. The molecule has 0 aliphatic carbocycles. The first-order chi connectivity index (χ1) is 13.1. The second kappa shape index (κ2) is 8.63. The fourth-order valence-corrected chi connectivity index (χ4v) is 3.90. The lowest BCUT2D eigenvalue weighted by Gasteiger charge is -2.49. The van der Waals surface area contributed by atoms with E-state index < -0.39 is 0 Å². The molecule has 1 heterocycles. The minimum Gasteiger partial charge on any atom is -0.352 e. The molecular weight excluding hydrogens is 354 g/mol. The molecule has 28 heavy (non-hydrogen) atoms. The zero-order valence-electron chi connectivity index (χ0n) is 18.1. The number of hydrogen-bond acceptors (Lipinski definition) is 3. The van der Waals surface area contributed by atoms with Gasteiger partial charge in [0.05, 0.1) is 12.1 Å². The predicted octanol–water partition coefficient (Wildman–Crippen LogP) is 1.80. The number of nitrogens with zero attached hydrogens (tertiary/aromatic N) is 4. The summed E-state index contributed by atoms with van der Waals surface area (Å²) >= 11 is 0. The number of benzene rings is 1. The zero-order valence-corrected chi connectivity index (χ0v) is 18.1. The SMILES string of the molecule is CN=C(NCc1cccc(C(=O)N(C)C)c1)N1CC(=O)N(C(C)C)C(C)(C)C1. The lowest BCUT2D eigenvalue weighted by Crippen LogP contribution is -2.66. The van der Waals surface area contributed by atoms with Gasteiger partial charge in [-0.3, -0.25) is 14.6 Å². The molecule has 7 nitrogen and oxygen atoms in total. The third-order valence-corrected chi connectivity index (χ3v) is 4.88. The van der Waals surface area contributed by atoms with Crippen LogP contribution in [0.4, 0.5) is 0 Å². The molecule has 0 atom stereocenters. The molecule has 2 amide bonds. The number of aliphatic imine (C=N–C) groups is 1. The molecule has 0 bridgehead atoms. The van der Waals surface area contributed by atoms with Gasteiger partial charge >= 0.3 is 0 Å². The van der Waals surface area contributed by atoms with Crippen LogP contribution in [-0.4, -0.2) is 78.3 Å². The van der Waals surface area contributed by atoms with Crippen molar-refractivity contribution in [2.75, 3.05) is 34.2 Å². The van der Waals surface area contributed by atoms with Crippen LogP contribution in [0.3, 0.4) is 0 Å². The molecule has 1 aliphatic rings. The Morgan fingerprint density at radius 3 is 2.54 bits per heavy atom. The van der Waals surface area contributed by atoms with Crippen molar-refractivity contribution in [1.29, 1.82) is 0 Å². The average Bonchev–Trinajstić information content (AvgIpc) is 2.60. The summed E-state index contributed by atoms with van der Waals surface area (Å²) in [6.45, 7) is 9.80. The number of amides is 2. The van der Waals surface area contributed by atoms with Crippen LogP contribution in [0.5, 0.6) is 0 Å². The summed E-state index contributed by atoms with van der Waals surface area (Å²) in [5.41, 5.74) is 1.36. The maximum atomic E-state index is 12.7. The Morgan fingerprint density at radius 1 is 1.32 bits per heavy atom. The number of nitrogens with one attached hydrogen (secondary N) is 1. The van der Waals surface area contributed by atoms with E-state index in [4.69, 9.17) is 0 Å². The molecule has 1 N–H and O–H groups in total. The summed E-state index contributed by atoms with van der Waals surface area (Å²) in [6, 6.07) is 7.71. The van der Waals surface area contributed by atoms with Crippen LogP contribution in [0.15, 0.2) is 29.3 Å². The second-order valence-corrected chi connectivity index (χ2v) is 8.33. The first kappa shape index (κ1) is 21.7. The van der Waals surface area contributed by atoms with E-state index in [2.05, 4.69) is 24.2 Å². The molecular formula is C21H33N5O2. The van der Waals surface area contributed by atoms with Crippen molar-refractivity contribution in [2.45, 2.75) is 45.8 Å². The van der Waals surface area contributed by atoms with Gasteiger partial charge in [0.25, 0.3) is 5.91 Å². The number of rotatable bonds is 4. The van der Waals surface area contributed by atoms with Gasteiger partial charge in [-0.05, 0) is 45.4 Å². The van der Waals surface area contributed by atoms with Gasteiger partial charge < -0.3 is 20.0 Å². The van der Waals surface area contributed by atoms with Gasteiger partial charge in [-0.2, -0.15) is 0 Å².